The fraction of sp³-hybridized carbons (Fsp3) is 0.417. The first kappa shape index (κ1) is 16.3. The number of ketones is 1. The standard InChI is InChI=1S/C12H17N3O4S/c1-9(16)11(12(17)13-6-7-14(2)3)20-8-4-5-10(20)15(18)19/h4-5,8H,6-7H2,1-3H3,(H,13,17). The third-order valence-corrected chi connectivity index (χ3v) is 4.53. The van der Waals surface area contributed by atoms with Crippen LogP contribution in [0.3, 0.4) is 0 Å². The molecule has 0 fully saturated rings. The number of amides is 1. The van der Waals surface area contributed by atoms with E-state index in [0.29, 0.717) is 13.1 Å². The molecule has 0 aromatic rings. The van der Waals surface area contributed by atoms with Gasteiger partial charge in [-0.05, 0) is 43.0 Å². The molecule has 0 radical (unpaired) electrons. The molecule has 0 saturated carbocycles. The Morgan fingerprint density at radius 1 is 1.45 bits per heavy atom. The number of hydrogen-bond donors (Lipinski definition) is 1. The Balaban J connectivity index is 2.98. The van der Waals surface area contributed by atoms with Crippen LogP contribution in [0.15, 0.2) is 22.6 Å². The molecule has 20 heavy (non-hydrogen) atoms. The number of likely N-dealkylation sites (N-methyl/N-ethyl adjacent to an activating group) is 1. The van der Waals surface area contributed by atoms with Crippen LogP contribution in [0.4, 0.5) is 0 Å². The zero-order valence-corrected chi connectivity index (χ0v) is 12.4. The molecule has 1 aliphatic heterocycles. The van der Waals surface area contributed by atoms with Crippen molar-refractivity contribution in [1.29, 1.82) is 0 Å². The van der Waals surface area contributed by atoms with Crippen molar-refractivity contribution >= 4 is 27.0 Å². The van der Waals surface area contributed by atoms with Gasteiger partial charge in [0.25, 0.3) is 5.91 Å². The number of carbonyl (C=O) groups excluding carboxylic acids is 2. The Morgan fingerprint density at radius 2 is 2.10 bits per heavy atom. The lowest BCUT2D eigenvalue weighted by Gasteiger charge is -2.12. The molecular formula is C12H17N3O4S. The minimum atomic E-state index is -1.18. The van der Waals surface area contributed by atoms with E-state index in [2.05, 4.69) is 5.32 Å². The fourth-order valence-electron chi connectivity index (χ4n) is 1.54. The normalized spacial score (nSPS) is 17.9. The number of allylic oxidation sites excluding steroid dienone is 2. The number of nitrogens with one attached hydrogen (secondary N) is 1. The summed E-state index contributed by atoms with van der Waals surface area (Å²) >= 11 is 0. The highest BCUT2D eigenvalue weighted by molar-refractivity contribution is 8.23. The molecule has 1 unspecified atom stereocenters. The molecule has 0 aliphatic carbocycles. The van der Waals surface area contributed by atoms with E-state index in [1.807, 2.05) is 19.0 Å². The van der Waals surface area contributed by atoms with Gasteiger partial charge in [-0.25, -0.2) is 0 Å². The Kier molecular flexibility index (Phi) is 5.78. The van der Waals surface area contributed by atoms with E-state index in [4.69, 9.17) is 0 Å². The minimum absolute atomic E-state index is 0.0690. The SMILES string of the molecule is CC(=O)C(C(=O)NCCN(C)C)=S1C=CC=C1[N+](=O)[O-]. The summed E-state index contributed by atoms with van der Waals surface area (Å²) < 4.78 is 0. The van der Waals surface area contributed by atoms with Crippen LogP contribution in [0.1, 0.15) is 6.92 Å². The van der Waals surface area contributed by atoms with Crippen molar-refractivity contribution in [3.8, 4) is 0 Å². The number of Topliss-reactive ketones (excluding diaryl/α,β-unsaturated/α-hetero) is 1. The Bertz CT molecular complexity index is 535. The zero-order chi connectivity index (χ0) is 15.3. The second-order valence-electron chi connectivity index (χ2n) is 4.37. The summed E-state index contributed by atoms with van der Waals surface area (Å²) in [5.74, 6) is -0.989. The van der Waals surface area contributed by atoms with Crippen molar-refractivity contribution in [3.63, 3.8) is 0 Å². The summed E-state index contributed by atoms with van der Waals surface area (Å²) in [6, 6.07) is 0. The van der Waals surface area contributed by atoms with Crippen molar-refractivity contribution in [2.24, 2.45) is 0 Å². The van der Waals surface area contributed by atoms with Crippen molar-refractivity contribution in [2.75, 3.05) is 27.2 Å². The van der Waals surface area contributed by atoms with Gasteiger partial charge in [0.15, 0.2) is 5.78 Å². The second-order valence-corrected chi connectivity index (χ2v) is 6.15. The van der Waals surface area contributed by atoms with Crippen molar-refractivity contribution < 1.29 is 14.5 Å². The summed E-state index contributed by atoms with van der Waals surface area (Å²) in [6.45, 7) is 2.25. The Morgan fingerprint density at radius 3 is 2.60 bits per heavy atom. The molecule has 1 rings (SSSR count). The minimum Gasteiger partial charge on any atom is -0.350 e. The van der Waals surface area contributed by atoms with Gasteiger partial charge in [0, 0.05) is 19.2 Å². The number of hydrogen-bond acceptors (Lipinski definition) is 5. The highest BCUT2D eigenvalue weighted by atomic mass is 32.2. The highest BCUT2D eigenvalue weighted by Gasteiger charge is 2.27. The predicted molar refractivity (Wildman–Crippen MR) is 79.1 cm³/mol. The fourth-order valence-corrected chi connectivity index (χ4v) is 3.23. The molecule has 1 atom stereocenters. The van der Waals surface area contributed by atoms with Gasteiger partial charge in [0.2, 0.25) is 0 Å². The van der Waals surface area contributed by atoms with Gasteiger partial charge >= 0.3 is 5.03 Å². The summed E-state index contributed by atoms with van der Waals surface area (Å²) in [7, 11) is 2.53. The van der Waals surface area contributed by atoms with E-state index in [1.165, 1.54) is 24.5 Å². The summed E-state index contributed by atoms with van der Waals surface area (Å²) in [4.78, 5) is 35.9. The summed E-state index contributed by atoms with van der Waals surface area (Å²) in [5, 5.41) is 14.9. The molecule has 1 N–H and O–H groups in total. The maximum absolute atomic E-state index is 12.1. The Hall–Kier alpha value is -1.80. The van der Waals surface area contributed by atoms with Crippen LogP contribution in [0.2, 0.25) is 0 Å². The van der Waals surface area contributed by atoms with Gasteiger partial charge in [-0.2, -0.15) is 0 Å². The molecule has 0 saturated heterocycles. The molecule has 1 heterocycles. The molecule has 0 aromatic carbocycles. The number of nitro groups is 1. The molecule has 0 spiro atoms. The van der Waals surface area contributed by atoms with Crippen molar-refractivity contribution in [3.05, 3.63) is 32.7 Å². The maximum atomic E-state index is 12.1. The number of carbonyl (C=O) groups is 2. The van der Waals surface area contributed by atoms with Gasteiger partial charge in [-0.3, -0.25) is 19.7 Å². The number of nitrogens with zero attached hydrogens (tertiary/aromatic N) is 2. The van der Waals surface area contributed by atoms with Gasteiger partial charge < -0.3 is 10.2 Å². The lowest BCUT2D eigenvalue weighted by molar-refractivity contribution is -0.410. The highest BCUT2D eigenvalue weighted by Crippen LogP contribution is 2.33. The van der Waals surface area contributed by atoms with E-state index in [-0.39, 0.29) is 9.89 Å². The van der Waals surface area contributed by atoms with Crippen LogP contribution in [-0.2, 0) is 9.59 Å². The van der Waals surface area contributed by atoms with E-state index in [0.717, 1.165) is 0 Å². The molecule has 0 aromatic heterocycles. The van der Waals surface area contributed by atoms with E-state index in [1.54, 1.807) is 0 Å². The lowest BCUT2D eigenvalue weighted by Crippen LogP contribution is -2.38. The van der Waals surface area contributed by atoms with Gasteiger partial charge in [0.1, 0.15) is 4.86 Å². The van der Waals surface area contributed by atoms with Crippen molar-refractivity contribution in [1.82, 2.24) is 10.2 Å². The maximum Gasteiger partial charge on any atom is 0.302 e. The van der Waals surface area contributed by atoms with E-state index < -0.39 is 27.1 Å². The third-order valence-electron chi connectivity index (χ3n) is 2.45. The predicted octanol–water partition coefficient (Wildman–Crippen LogP) is 0.340. The third kappa shape index (κ3) is 4.10. The molecule has 1 aliphatic rings. The lowest BCUT2D eigenvalue weighted by atomic mass is 10.3. The topological polar surface area (TPSA) is 92.6 Å². The van der Waals surface area contributed by atoms with Gasteiger partial charge in [0.05, 0.1) is 4.92 Å². The second kappa shape index (κ2) is 7.11. The average Bonchev–Trinajstić information content (AvgIpc) is 2.77. The first-order valence-corrected chi connectivity index (χ1v) is 7.20. The molecule has 8 heteroatoms. The van der Waals surface area contributed by atoms with Crippen molar-refractivity contribution in [2.45, 2.75) is 6.92 Å². The molecule has 110 valence electrons. The number of rotatable bonds is 6. The smallest absolute Gasteiger partial charge is 0.302 e. The quantitative estimate of drug-likeness (QED) is 0.330. The van der Waals surface area contributed by atoms with Crippen LogP contribution in [0.25, 0.3) is 0 Å². The van der Waals surface area contributed by atoms with E-state index in [9.17, 15) is 19.7 Å². The molecule has 0 bridgehead atoms. The molecular weight excluding hydrogens is 282 g/mol. The summed E-state index contributed by atoms with van der Waals surface area (Å²) in [5.41, 5.74) is 0. The first-order valence-electron chi connectivity index (χ1n) is 5.91. The van der Waals surface area contributed by atoms with Crippen LogP contribution in [0, 0.1) is 10.1 Å². The zero-order valence-electron chi connectivity index (χ0n) is 11.6. The largest absolute Gasteiger partial charge is 0.350 e. The Labute approximate surface area is 119 Å². The van der Waals surface area contributed by atoms with Gasteiger partial charge in [-0.15, -0.1) is 0 Å². The molecule has 7 nitrogen and oxygen atoms in total. The molecule has 1 amide bonds. The van der Waals surface area contributed by atoms with E-state index >= 15 is 0 Å². The van der Waals surface area contributed by atoms with Gasteiger partial charge in [-0.1, -0.05) is 0 Å². The first-order chi connectivity index (χ1) is 9.34. The summed E-state index contributed by atoms with van der Waals surface area (Å²) in [6.07, 6.45) is 2.82. The van der Waals surface area contributed by atoms with Crippen LogP contribution in [-0.4, -0.2) is 53.6 Å². The average molecular weight is 299 g/mol. The van der Waals surface area contributed by atoms with Crippen LogP contribution >= 0.6 is 10.5 Å². The van der Waals surface area contributed by atoms with Crippen LogP contribution < -0.4 is 5.32 Å². The monoisotopic (exact) mass is 299 g/mol. The van der Waals surface area contributed by atoms with Crippen LogP contribution in [0.5, 0.6) is 0 Å².